The fourth-order valence-electron chi connectivity index (χ4n) is 11.4. The number of fused-ring (bicyclic) bond motifs is 9. The van der Waals surface area contributed by atoms with Crippen LogP contribution in [0.1, 0.15) is 16.7 Å². The second-order valence-corrected chi connectivity index (χ2v) is 19.3. The molecule has 5 nitrogen and oxygen atoms in total. The van der Waals surface area contributed by atoms with Gasteiger partial charge >= 0.3 is 0 Å². The van der Waals surface area contributed by atoms with Crippen molar-refractivity contribution in [2.45, 2.75) is 20.8 Å². The zero-order chi connectivity index (χ0) is 48.0. The number of nitrogens with zero attached hydrogens (tertiary/aromatic N) is 5. The Labute approximate surface area is 417 Å². The van der Waals surface area contributed by atoms with Gasteiger partial charge in [0.1, 0.15) is 0 Å². The van der Waals surface area contributed by atoms with E-state index in [9.17, 15) is 0 Å². The van der Waals surface area contributed by atoms with Crippen molar-refractivity contribution in [1.29, 1.82) is 0 Å². The normalized spacial score (nSPS) is 11.8. The quantitative estimate of drug-likeness (QED) is 0.160. The minimum Gasteiger partial charge on any atom is -0.309 e. The van der Waals surface area contributed by atoms with E-state index < -0.39 is 0 Å². The van der Waals surface area contributed by atoms with Crippen LogP contribution in [0.5, 0.6) is 0 Å². The number of aryl methyl sites for hydroxylation is 3. The van der Waals surface area contributed by atoms with E-state index in [2.05, 4.69) is 265 Å². The molecule has 10 aromatic carbocycles. The van der Waals surface area contributed by atoms with Crippen molar-refractivity contribution in [3.8, 4) is 62.1 Å². The lowest BCUT2D eigenvalue weighted by atomic mass is 9.96. The third-order valence-corrected chi connectivity index (χ3v) is 14.7. The van der Waals surface area contributed by atoms with Crippen LogP contribution in [0.3, 0.4) is 0 Å². The predicted molar refractivity (Wildman–Crippen MR) is 301 cm³/mol. The lowest BCUT2D eigenvalue weighted by Crippen LogP contribution is -1.97. The highest BCUT2D eigenvalue weighted by Gasteiger charge is 2.20. The van der Waals surface area contributed by atoms with Gasteiger partial charge in [0.05, 0.1) is 44.5 Å². The van der Waals surface area contributed by atoms with Gasteiger partial charge in [0.25, 0.3) is 0 Å². The van der Waals surface area contributed by atoms with Crippen LogP contribution in [0.15, 0.2) is 231 Å². The molecule has 0 saturated carbocycles. The van der Waals surface area contributed by atoms with Gasteiger partial charge in [-0.05, 0) is 135 Å². The van der Waals surface area contributed by atoms with Crippen molar-refractivity contribution in [1.82, 2.24) is 23.7 Å². The molecule has 0 radical (unpaired) electrons. The molecule has 0 aliphatic carbocycles. The minimum atomic E-state index is 0.723. The summed E-state index contributed by atoms with van der Waals surface area (Å²) in [5.41, 5.74) is 21.3. The molecular formula is C67H47N5. The Hall–Kier alpha value is -9.32. The molecule has 0 bridgehead atoms. The molecule has 0 aliphatic rings. The van der Waals surface area contributed by atoms with E-state index in [0.29, 0.717) is 0 Å². The highest BCUT2D eigenvalue weighted by atomic mass is 15.0. The summed E-state index contributed by atoms with van der Waals surface area (Å²) in [5, 5.41) is 7.41. The van der Waals surface area contributed by atoms with Crippen LogP contribution in [0.25, 0.3) is 128 Å². The molecule has 0 atom stereocenters. The van der Waals surface area contributed by atoms with Crippen LogP contribution in [0.2, 0.25) is 0 Å². The second kappa shape index (κ2) is 16.4. The topological polar surface area (TPSA) is 40.6 Å². The SMILES string of the molecule is Cc1cccc(-c2cc(-c3ccc(-c4ccc(-n5c6ccc(-n7c8ccccc8c8ccccc87)cc6c6cc(-n7c8ccccc8c8ccccc87)ccc65)cc4)c(C)c3)nc(-c3cccc(C)c3)n2)c1. The average molecular weight is 922 g/mol. The highest BCUT2D eigenvalue weighted by molar-refractivity contribution is 6.14. The van der Waals surface area contributed by atoms with E-state index in [-0.39, 0.29) is 0 Å². The standard InChI is InChI=1S/C67H47N5/c1-42-14-12-16-46(36-42)59-41-60(69-67(68-59)48-17-13-15-43(2)37-48)47-28-33-52(44(3)38-47)45-26-29-49(30-27-45)70-65-34-31-50(71-61-22-8-4-18-53(61)54-19-5-9-23-62(54)71)39-57(65)58-40-51(32-35-66(58)70)72-63-24-10-6-20-55(63)56-21-7-11-25-64(56)72/h4-41H,1-3H3. The van der Waals surface area contributed by atoms with Gasteiger partial charge in [0.2, 0.25) is 0 Å². The maximum atomic E-state index is 5.17. The molecule has 4 aromatic heterocycles. The summed E-state index contributed by atoms with van der Waals surface area (Å²) < 4.78 is 7.27. The lowest BCUT2D eigenvalue weighted by molar-refractivity contribution is 1.16. The van der Waals surface area contributed by atoms with Gasteiger partial charge in [-0.1, -0.05) is 145 Å². The van der Waals surface area contributed by atoms with Crippen LogP contribution in [0.4, 0.5) is 0 Å². The van der Waals surface area contributed by atoms with E-state index in [1.165, 1.54) is 76.6 Å². The minimum absolute atomic E-state index is 0.723. The van der Waals surface area contributed by atoms with Crippen LogP contribution in [0, 0.1) is 20.8 Å². The van der Waals surface area contributed by atoms with Crippen molar-refractivity contribution in [2.75, 3.05) is 0 Å². The number of hydrogen-bond acceptors (Lipinski definition) is 2. The Balaban J connectivity index is 0.896. The van der Waals surface area contributed by atoms with Gasteiger partial charge in [-0.2, -0.15) is 0 Å². The van der Waals surface area contributed by atoms with Crippen LogP contribution < -0.4 is 0 Å². The van der Waals surface area contributed by atoms with Crippen molar-refractivity contribution in [3.05, 3.63) is 247 Å². The smallest absolute Gasteiger partial charge is 0.160 e. The van der Waals surface area contributed by atoms with Gasteiger partial charge in [0.15, 0.2) is 5.82 Å². The Bertz CT molecular complexity index is 4150. The monoisotopic (exact) mass is 921 g/mol. The first-order chi connectivity index (χ1) is 35.4. The molecule has 0 saturated heterocycles. The highest BCUT2D eigenvalue weighted by Crippen LogP contribution is 2.40. The average Bonchev–Trinajstić information content (AvgIpc) is 4.06. The van der Waals surface area contributed by atoms with Gasteiger partial charge in [-0.25, -0.2) is 9.97 Å². The zero-order valence-electron chi connectivity index (χ0n) is 40.2. The number of para-hydroxylation sites is 4. The second-order valence-electron chi connectivity index (χ2n) is 19.3. The Kier molecular flexibility index (Phi) is 9.48. The maximum Gasteiger partial charge on any atom is 0.160 e. The first kappa shape index (κ1) is 41.6. The molecule has 14 rings (SSSR count). The Morgan fingerprint density at radius 1 is 0.278 bits per heavy atom. The fourth-order valence-corrected chi connectivity index (χ4v) is 11.4. The number of benzene rings is 10. The third kappa shape index (κ3) is 6.69. The van der Waals surface area contributed by atoms with E-state index >= 15 is 0 Å². The molecule has 0 fully saturated rings. The summed E-state index contributed by atoms with van der Waals surface area (Å²) in [7, 11) is 0. The number of hydrogen-bond donors (Lipinski definition) is 0. The van der Waals surface area contributed by atoms with Crippen molar-refractivity contribution in [3.63, 3.8) is 0 Å². The van der Waals surface area contributed by atoms with Crippen molar-refractivity contribution >= 4 is 65.4 Å². The maximum absolute atomic E-state index is 5.17. The molecule has 14 aromatic rings. The zero-order valence-corrected chi connectivity index (χ0v) is 40.2. The molecule has 72 heavy (non-hydrogen) atoms. The summed E-state index contributed by atoms with van der Waals surface area (Å²) >= 11 is 0. The van der Waals surface area contributed by atoms with Crippen molar-refractivity contribution < 1.29 is 0 Å². The number of rotatable bonds is 7. The molecular weight excluding hydrogens is 875 g/mol. The fraction of sp³-hybridized carbons (Fsp3) is 0.0448. The van der Waals surface area contributed by atoms with Crippen molar-refractivity contribution in [2.24, 2.45) is 0 Å². The van der Waals surface area contributed by atoms with E-state index in [1.54, 1.807) is 0 Å². The Morgan fingerprint density at radius 3 is 1.17 bits per heavy atom. The van der Waals surface area contributed by atoms with Gasteiger partial charge in [-0.3, -0.25) is 0 Å². The molecule has 4 heterocycles. The molecule has 0 unspecified atom stereocenters. The van der Waals surface area contributed by atoms with Gasteiger partial charge in [-0.15, -0.1) is 0 Å². The van der Waals surface area contributed by atoms with Crippen LogP contribution >= 0.6 is 0 Å². The first-order valence-corrected chi connectivity index (χ1v) is 24.7. The summed E-state index contributed by atoms with van der Waals surface area (Å²) in [5.74, 6) is 0.723. The summed E-state index contributed by atoms with van der Waals surface area (Å²) in [4.78, 5) is 10.3. The van der Waals surface area contributed by atoms with E-state index in [4.69, 9.17) is 9.97 Å². The largest absolute Gasteiger partial charge is 0.309 e. The molecule has 0 amide bonds. The Morgan fingerprint density at radius 2 is 0.681 bits per heavy atom. The summed E-state index contributed by atoms with van der Waals surface area (Å²) in [6, 6.07) is 83.9. The molecule has 0 N–H and O–H groups in total. The van der Waals surface area contributed by atoms with Crippen LogP contribution in [-0.4, -0.2) is 23.7 Å². The number of aromatic nitrogens is 5. The van der Waals surface area contributed by atoms with E-state index in [1.807, 2.05) is 0 Å². The molecule has 5 heteroatoms. The van der Waals surface area contributed by atoms with Gasteiger partial charge in [0, 0.05) is 66.1 Å². The first-order valence-electron chi connectivity index (χ1n) is 24.7. The molecule has 0 spiro atoms. The predicted octanol–water partition coefficient (Wildman–Crippen LogP) is 17.4. The summed E-state index contributed by atoms with van der Waals surface area (Å²) in [6.45, 7) is 6.43. The van der Waals surface area contributed by atoms with Crippen LogP contribution in [-0.2, 0) is 0 Å². The van der Waals surface area contributed by atoms with E-state index in [0.717, 1.165) is 67.6 Å². The third-order valence-electron chi connectivity index (χ3n) is 14.7. The summed E-state index contributed by atoms with van der Waals surface area (Å²) in [6.07, 6.45) is 0. The molecule has 0 aliphatic heterocycles. The van der Waals surface area contributed by atoms with Gasteiger partial charge < -0.3 is 13.7 Å². The molecule has 340 valence electrons. The lowest BCUT2D eigenvalue weighted by Gasteiger charge is -2.13.